The quantitative estimate of drug-likeness (QED) is 0.769. The highest BCUT2D eigenvalue weighted by Crippen LogP contribution is 2.29. The average molecular weight is 322 g/mol. The van der Waals surface area contributed by atoms with Gasteiger partial charge in [-0.15, -0.1) is 0 Å². The van der Waals surface area contributed by atoms with Crippen LogP contribution in [-0.4, -0.2) is 54.8 Å². The number of carbonyl (C=O) groups is 2. The van der Waals surface area contributed by atoms with E-state index in [0.717, 1.165) is 17.4 Å². The molecule has 3 amide bonds. The molecule has 6 nitrogen and oxygen atoms in total. The molecule has 2 heterocycles. The first-order chi connectivity index (χ1) is 10.4. The first kappa shape index (κ1) is 15.0. The van der Waals surface area contributed by atoms with E-state index in [1.54, 1.807) is 4.90 Å². The number of imide groups is 1. The number of hydrogen-bond donors (Lipinski definition) is 0. The Morgan fingerprint density at radius 1 is 1.18 bits per heavy atom. The Labute approximate surface area is 129 Å². The number of amides is 3. The van der Waals surface area contributed by atoms with Crippen LogP contribution >= 0.6 is 0 Å². The van der Waals surface area contributed by atoms with Crippen LogP contribution in [-0.2, 0) is 27.6 Å². The van der Waals surface area contributed by atoms with Crippen molar-refractivity contribution in [3.63, 3.8) is 0 Å². The molecule has 1 atom stereocenters. The van der Waals surface area contributed by atoms with Crippen LogP contribution in [0.5, 0.6) is 0 Å². The lowest BCUT2D eigenvalue weighted by molar-refractivity contribution is -0.128. The van der Waals surface area contributed by atoms with Gasteiger partial charge in [-0.05, 0) is 17.5 Å². The molecule has 7 heteroatoms. The van der Waals surface area contributed by atoms with Gasteiger partial charge in [-0.1, -0.05) is 24.3 Å². The number of hydrogen-bond acceptors (Lipinski definition) is 4. The van der Waals surface area contributed by atoms with Crippen LogP contribution in [0.4, 0.5) is 4.79 Å². The van der Waals surface area contributed by atoms with Crippen molar-refractivity contribution in [2.75, 3.05) is 18.6 Å². The van der Waals surface area contributed by atoms with E-state index in [4.69, 9.17) is 0 Å². The molecular weight excluding hydrogens is 304 g/mol. The molecule has 0 radical (unpaired) electrons. The molecule has 0 bridgehead atoms. The summed E-state index contributed by atoms with van der Waals surface area (Å²) in [5.41, 5.74) is 2.17. The van der Waals surface area contributed by atoms with Gasteiger partial charge in [-0.3, -0.25) is 9.69 Å². The second kappa shape index (κ2) is 5.39. The summed E-state index contributed by atoms with van der Waals surface area (Å²) in [4.78, 5) is 27.6. The normalized spacial score (nSPS) is 21.0. The summed E-state index contributed by atoms with van der Waals surface area (Å²) in [6.45, 7) is 0.599. The predicted molar refractivity (Wildman–Crippen MR) is 80.9 cm³/mol. The molecule has 0 aliphatic carbocycles. The Hall–Kier alpha value is -1.89. The third kappa shape index (κ3) is 2.72. The molecule has 3 rings (SSSR count). The molecule has 1 aromatic carbocycles. The zero-order valence-corrected chi connectivity index (χ0v) is 13.2. The molecule has 1 fully saturated rings. The van der Waals surface area contributed by atoms with Crippen molar-refractivity contribution in [3.8, 4) is 0 Å². The van der Waals surface area contributed by atoms with Crippen LogP contribution < -0.4 is 0 Å². The van der Waals surface area contributed by atoms with Gasteiger partial charge in [0.2, 0.25) is 0 Å². The van der Waals surface area contributed by atoms with E-state index >= 15 is 0 Å². The van der Waals surface area contributed by atoms with Gasteiger partial charge in [0.25, 0.3) is 5.91 Å². The minimum Gasteiger partial charge on any atom is -0.308 e. The lowest BCUT2D eigenvalue weighted by atomic mass is 9.95. The van der Waals surface area contributed by atoms with Crippen molar-refractivity contribution in [1.82, 2.24) is 9.80 Å². The number of urea groups is 1. The fourth-order valence-electron chi connectivity index (χ4n) is 3.06. The van der Waals surface area contributed by atoms with Crippen molar-refractivity contribution in [2.45, 2.75) is 25.4 Å². The molecule has 118 valence electrons. The first-order valence-electron chi connectivity index (χ1n) is 7.23. The molecule has 2 aliphatic heterocycles. The van der Waals surface area contributed by atoms with E-state index in [1.165, 1.54) is 4.90 Å². The summed E-state index contributed by atoms with van der Waals surface area (Å²) in [5.74, 6) is -0.234. The highest BCUT2D eigenvalue weighted by atomic mass is 32.2. The Balaban J connectivity index is 1.74. The summed E-state index contributed by atoms with van der Waals surface area (Å²) in [6.07, 6.45) is 1.97. The van der Waals surface area contributed by atoms with Gasteiger partial charge in [0.15, 0.2) is 0 Å². The van der Waals surface area contributed by atoms with Gasteiger partial charge in [0, 0.05) is 25.8 Å². The fraction of sp³-hybridized carbons (Fsp3) is 0.467. The van der Waals surface area contributed by atoms with Crippen molar-refractivity contribution >= 4 is 21.8 Å². The summed E-state index contributed by atoms with van der Waals surface area (Å²) < 4.78 is 22.3. The lowest BCUT2D eigenvalue weighted by Crippen LogP contribution is -2.39. The van der Waals surface area contributed by atoms with E-state index in [-0.39, 0.29) is 30.7 Å². The molecule has 0 N–H and O–H groups in total. The number of rotatable bonds is 4. The minimum atomic E-state index is -3.08. The van der Waals surface area contributed by atoms with Crippen LogP contribution in [0.1, 0.15) is 17.5 Å². The maximum atomic E-state index is 12.4. The number of nitrogens with zero attached hydrogens (tertiary/aromatic N) is 2. The SMILES string of the molecule is CS(=O)(=O)CCCN1C(=O)[C@@H]2Cc3ccccc3CN2C1=O. The fourth-order valence-corrected chi connectivity index (χ4v) is 3.72. The average Bonchev–Trinajstić information content (AvgIpc) is 2.69. The molecule has 0 saturated carbocycles. The standard InChI is InChI=1S/C15H18N2O4S/c1-22(20,21)8-4-7-16-14(18)13-9-11-5-2-3-6-12(11)10-17(13)15(16)19/h2-3,5-6,13H,4,7-10H2,1H3/t13-/m0/s1. The first-order valence-corrected chi connectivity index (χ1v) is 9.29. The third-order valence-corrected chi connectivity index (χ3v) is 5.20. The van der Waals surface area contributed by atoms with Crippen LogP contribution in [0.25, 0.3) is 0 Å². The van der Waals surface area contributed by atoms with Crippen LogP contribution in [0, 0.1) is 0 Å². The summed E-state index contributed by atoms with van der Waals surface area (Å²) in [6, 6.07) is 7.05. The van der Waals surface area contributed by atoms with E-state index in [9.17, 15) is 18.0 Å². The number of benzene rings is 1. The maximum Gasteiger partial charge on any atom is 0.327 e. The largest absolute Gasteiger partial charge is 0.327 e. The van der Waals surface area contributed by atoms with Gasteiger partial charge >= 0.3 is 6.03 Å². The number of sulfone groups is 1. The molecular formula is C15H18N2O4S. The molecule has 0 aromatic heterocycles. The van der Waals surface area contributed by atoms with Crippen LogP contribution in [0.2, 0.25) is 0 Å². The summed E-state index contributed by atoms with van der Waals surface area (Å²) in [7, 11) is -3.08. The van der Waals surface area contributed by atoms with Crippen molar-refractivity contribution in [2.24, 2.45) is 0 Å². The molecule has 1 saturated heterocycles. The van der Waals surface area contributed by atoms with E-state index < -0.39 is 15.9 Å². The topological polar surface area (TPSA) is 74.8 Å². The second-order valence-electron chi connectivity index (χ2n) is 5.87. The zero-order chi connectivity index (χ0) is 15.9. The maximum absolute atomic E-state index is 12.4. The highest BCUT2D eigenvalue weighted by molar-refractivity contribution is 7.90. The van der Waals surface area contributed by atoms with Crippen LogP contribution in [0.3, 0.4) is 0 Å². The summed E-state index contributed by atoms with van der Waals surface area (Å²) >= 11 is 0. The molecule has 1 aromatic rings. The molecule has 22 heavy (non-hydrogen) atoms. The number of carbonyl (C=O) groups excluding carboxylic acids is 2. The Morgan fingerprint density at radius 2 is 1.86 bits per heavy atom. The second-order valence-corrected chi connectivity index (χ2v) is 8.13. The van der Waals surface area contributed by atoms with E-state index in [2.05, 4.69) is 0 Å². The van der Waals surface area contributed by atoms with Gasteiger partial charge in [0.1, 0.15) is 15.9 Å². The monoisotopic (exact) mass is 322 g/mol. The zero-order valence-electron chi connectivity index (χ0n) is 12.4. The van der Waals surface area contributed by atoms with Gasteiger partial charge < -0.3 is 4.90 Å². The Kier molecular flexibility index (Phi) is 3.68. The highest BCUT2D eigenvalue weighted by Gasteiger charge is 2.46. The van der Waals surface area contributed by atoms with Gasteiger partial charge in [-0.25, -0.2) is 13.2 Å². The van der Waals surface area contributed by atoms with Crippen molar-refractivity contribution in [1.29, 1.82) is 0 Å². The smallest absolute Gasteiger partial charge is 0.308 e. The van der Waals surface area contributed by atoms with Crippen LogP contribution in [0.15, 0.2) is 24.3 Å². The van der Waals surface area contributed by atoms with Crippen molar-refractivity contribution in [3.05, 3.63) is 35.4 Å². The van der Waals surface area contributed by atoms with Crippen molar-refractivity contribution < 1.29 is 18.0 Å². The molecule has 2 aliphatic rings. The summed E-state index contributed by atoms with van der Waals surface area (Å²) in [5, 5.41) is 0. The molecule has 0 unspecified atom stereocenters. The Bertz CT molecular complexity index is 686. The third-order valence-electron chi connectivity index (χ3n) is 4.17. The Morgan fingerprint density at radius 3 is 2.55 bits per heavy atom. The van der Waals surface area contributed by atoms with E-state index in [0.29, 0.717) is 13.0 Å². The minimum absolute atomic E-state index is 0.0189. The van der Waals surface area contributed by atoms with E-state index in [1.807, 2.05) is 24.3 Å². The predicted octanol–water partition coefficient (Wildman–Crippen LogP) is 0.810. The lowest BCUT2D eigenvalue weighted by Gasteiger charge is -2.28. The molecule has 0 spiro atoms. The van der Waals surface area contributed by atoms with Gasteiger partial charge in [-0.2, -0.15) is 0 Å². The van der Waals surface area contributed by atoms with Gasteiger partial charge in [0.05, 0.1) is 5.75 Å². The number of fused-ring (bicyclic) bond motifs is 2.